The van der Waals surface area contributed by atoms with E-state index >= 15 is 0 Å². The molecule has 8 nitrogen and oxygen atoms in total. The standard InChI is InChI=1S/C37H45N3O5/c1-23(2)26-14-15-32(45-3)27(18-26)20-38-30-22-39-17-16-29(30)34(36(42)40-21-28(41)19-31(40)37(43)44)35(39)33(24-10-6-4-7-11-24)25-12-8-5-9-13-25/h4-15,18,23,28-31,33-35,38,41H,16-17,19-22H2,1-3H3,(H,43,44)/t28?,29-,30-,31?,34-,35?/m1/s1. The maximum Gasteiger partial charge on any atom is 0.326 e. The van der Waals surface area contributed by atoms with Crippen LogP contribution in [0, 0.1) is 11.8 Å². The number of likely N-dealkylation sites (tertiary alicyclic amines) is 1. The first-order valence-corrected chi connectivity index (χ1v) is 16.2. The van der Waals surface area contributed by atoms with Crippen molar-refractivity contribution in [2.24, 2.45) is 11.8 Å². The summed E-state index contributed by atoms with van der Waals surface area (Å²) in [6.07, 6.45) is 0.0442. The lowest BCUT2D eigenvalue weighted by atomic mass is 9.64. The number of fused-ring (bicyclic) bond motifs is 3. The van der Waals surface area contributed by atoms with Crippen molar-refractivity contribution in [1.29, 1.82) is 0 Å². The van der Waals surface area contributed by atoms with E-state index in [2.05, 4.69) is 60.5 Å². The first-order chi connectivity index (χ1) is 21.8. The second-order valence-electron chi connectivity index (χ2n) is 13.2. The highest BCUT2D eigenvalue weighted by molar-refractivity contribution is 5.87. The van der Waals surface area contributed by atoms with Gasteiger partial charge in [0.25, 0.3) is 0 Å². The highest BCUT2D eigenvalue weighted by atomic mass is 16.5. The summed E-state index contributed by atoms with van der Waals surface area (Å²) in [6.45, 7) is 6.66. The van der Waals surface area contributed by atoms with Gasteiger partial charge in [0.2, 0.25) is 5.91 Å². The average molecular weight is 612 g/mol. The van der Waals surface area contributed by atoms with Crippen LogP contribution in [-0.2, 0) is 16.1 Å². The van der Waals surface area contributed by atoms with Crippen LogP contribution in [0.4, 0.5) is 0 Å². The predicted molar refractivity (Wildman–Crippen MR) is 173 cm³/mol. The molecule has 4 aliphatic heterocycles. The number of nitrogens with zero attached hydrogens (tertiary/aromatic N) is 2. The van der Waals surface area contributed by atoms with Gasteiger partial charge in [0, 0.05) is 49.6 Å². The summed E-state index contributed by atoms with van der Waals surface area (Å²) >= 11 is 0. The molecule has 4 saturated heterocycles. The smallest absolute Gasteiger partial charge is 0.326 e. The van der Waals surface area contributed by atoms with E-state index in [1.54, 1.807) is 7.11 Å². The highest BCUT2D eigenvalue weighted by Crippen LogP contribution is 2.47. The molecule has 0 aliphatic carbocycles. The molecule has 4 aliphatic rings. The number of aliphatic carboxylic acids is 1. The van der Waals surface area contributed by atoms with Crippen LogP contribution >= 0.6 is 0 Å². The van der Waals surface area contributed by atoms with Gasteiger partial charge in [-0.2, -0.15) is 0 Å². The van der Waals surface area contributed by atoms with Crippen LogP contribution in [0.25, 0.3) is 0 Å². The maximum atomic E-state index is 14.7. The summed E-state index contributed by atoms with van der Waals surface area (Å²) < 4.78 is 5.71. The topological polar surface area (TPSA) is 102 Å². The molecule has 4 fully saturated rings. The van der Waals surface area contributed by atoms with Crippen LogP contribution in [0.15, 0.2) is 78.9 Å². The van der Waals surface area contributed by atoms with Gasteiger partial charge in [0.05, 0.1) is 19.1 Å². The Morgan fingerprint density at radius 2 is 1.62 bits per heavy atom. The van der Waals surface area contributed by atoms with E-state index in [4.69, 9.17) is 4.74 Å². The molecule has 7 atom stereocenters. The van der Waals surface area contributed by atoms with Crippen LogP contribution < -0.4 is 10.1 Å². The Kier molecular flexibility index (Phi) is 9.26. The second kappa shape index (κ2) is 13.3. The Morgan fingerprint density at radius 1 is 0.956 bits per heavy atom. The fourth-order valence-electron chi connectivity index (χ4n) is 8.07. The highest BCUT2D eigenvalue weighted by Gasteiger charge is 2.55. The molecule has 3 aromatic carbocycles. The first kappa shape index (κ1) is 31.3. The van der Waals surface area contributed by atoms with Crippen LogP contribution in [0.5, 0.6) is 5.75 Å². The number of hydrogen-bond donors (Lipinski definition) is 3. The lowest BCUT2D eigenvalue weighted by Gasteiger charge is -2.57. The number of carbonyl (C=O) groups excluding carboxylic acids is 1. The molecule has 3 N–H and O–H groups in total. The van der Waals surface area contributed by atoms with Crippen molar-refractivity contribution in [3.8, 4) is 5.75 Å². The van der Waals surface area contributed by atoms with E-state index in [1.165, 1.54) is 10.5 Å². The van der Waals surface area contributed by atoms with Crippen LogP contribution in [0.3, 0.4) is 0 Å². The monoisotopic (exact) mass is 611 g/mol. The van der Waals surface area contributed by atoms with Gasteiger partial charge in [-0.25, -0.2) is 4.79 Å². The molecule has 3 aromatic rings. The van der Waals surface area contributed by atoms with Gasteiger partial charge in [-0.05, 0) is 47.6 Å². The predicted octanol–water partition coefficient (Wildman–Crippen LogP) is 4.48. The third-order valence-electron chi connectivity index (χ3n) is 10.3. The van der Waals surface area contributed by atoms with Gasteiger partial charge in [0.1, 0.15) is 11.8 Å². The van der Waals surface area contributed by atoms with E-state index in [1.807, 2.05) is 42.5 Å². The van der Waals surface area contributed by atoms with Crippen molar-refractivity contribution >= 4 is 11.9 Å². The lowest BCUT2D eigenvalue weighted by molar-refractivity contribution is -0.157. The molecular weight excluding hydrogens is 566 g/mol. The molecule has 0 radical (unpaired) electrons. The number of piperidine rings is 3. The van der Waals surface area contributed by atoms with Crippen molar-refractivity contribution in [3.05, 3.63) is 101 Å². The van der Waals surface area contributed by atoms with Crippen molar-refractivity contribution in [1.82, 2.24) is 15.1 Å². The Balaban J connectivity index is 1.38. The molecule has 45 heavy (non-hydrogen) atoms. The summed E-state index contributed by atoms with van der Waals surface area (Å²) in [5.41, 5.74) is 4.60. The molecular formula is C37H45N3O5. The summed E-state index contributed by atoms with van der Waals surface area (Å²) in [5, 5.41) is 24.4. The number of β-amino-alcohol motifs (C(OH)–C–C–N with tert-alkyl or cyclic N) is 1. The summed E-state index contributed by atoms with van der Waals surface area (Å²) in [6, 6.07) is 25.9. The minimum Gasteiger partial charge on any atom is -0.496 e. The minimum absolute atomic E-state index is 0.00566. The van der Waals surface area contributed by atoms with E-state index < -0.39 is 24.0 Å². The van der Waals surface area contributed by atoms with Crippen molar-refractivity contribution in [2.75, 3.05) is 26.7 Å². The summed E-state index contributed by atoms with van der Waals surface area (Å²) in [5.74, 6) is -0.542. The Morgan fingerprint density at radius 3 is 2.22 bits per heavy atom. The van der Waals surface area contributed by atoms with Gasteiger partial charge in [0.15, 0.2) is 0 Å². The van der Waals surface area contributed by atoms with Gasteiger partial charge in [-0.15, -0.1) is 0 Å². The third-order valence-corrected chi connectivity index (χ3v) is 10.3. The molecule has 0 spiro atoms. The number of benzene rings is 3. The number of amides is 1. The number of hydrogen-bond acceptors (Lipinski definition) is 6. The molecule has 4 unspecified atom stereocenters. The minimum atomic E-state index is -1.06. The molecule has 7 rings (SSSR count). The average Bonchev–Trinajstić information content (AvgIpc) is 3.46. The van der Waals surface area contributed by atoms with Crippen molar-refractivity contribution in [2.45, 2.75) is 69.3 Å². The molecule has 0 aromatic heterocycles. The zero-order valence-electron chi connectivity index (χ0n) is 26.4. The zero-order chi connectivity index (χ0) is 31.7. The van der Waals surface area contributed by atoms with Gasteiger partial charge < -0.3 is 25.2 Å². The Hall–Kier alpha value is -3.72. The van der Waals surface area contributed by atoms with Crippen molar-refractivity contribution in [3.63, 3.8) is 0 Å². The number of carboxylic acids is 1. The second-order valence-corrected chi connectivity index (χ2v) is 13.2. The number of nitrogens with one attached hydrogen (secondary N) is 1. The lowest BCUT2D eigenvalue weighted by Crippen LogP contribution is -2.69. The van der Waals surface area contributed by atoms with Crippen LogP contribution in [-0.4, -0.2) is 82.9 Å². The SMILES string of the molecule is COc1ccc(C(C)C)cc1CN[C@@H]1CN2CC[C@H]1[C@@H](C(=O)N1CC(O)CC1C(=O)O)C2C(c1ccccc1)c1ccccc1. The fourth-order valence-corrected chi connectivity index (χ4v) is 8.07. The molecule has 2 bridgehead atoms. The number of ether oxygens (including phenoxy) is 1. The largest absolute Gasteiger partial charge is 0.496 e. The van der Waals surface area contributed by atoms with E-state index in [0.717, 1.165) is 42.0 Å². The Labute approximate surface area is 266 Å². The summed E-state index contributed by atoms with van der Waals surface area (Å²) in [7, 11) is 1.69. The molecule has 4 heterocycles. The summed E-state index contributed by atoms with van der Waals surface area (Å²) in [4.78, 5) is 30.9. The number of aliphatic hydroxyl groups is 1. The number of rotatable bonds is 10. The first-order valence-electron chi connectivity index (χ1n) is 16.2. The van der Waals surface area contributed by atoms with E-state index in [9.17, 15) is 19.8 Å². The van der Waals surface area contributed by atoms with Crippen molar-refractivity contribution < 1.29 is 24.5 Å². The number of carboxylic acid groups (broad SMARTS) is 1. The van der Waals surface area contributed by atoms with E-state index in [-0.39, 0.29) is 42.8 Å². The quantitative estimate of drug-likeness (QED) is 0.311. The van der Waals surface area contributed by atoms with E-state index in [0.29, 0.717) is 12.5 Å². The molecule has 238 valence electrons. The number of aliphatic hydroxyl groups excluding tert-OH is 1. The number of methoxy groups -OCH3 is 1. The normalized spacial score (nSPS) is 27.7. The van der Waals surface area contributed by atoms with Gasteiger partial charge in [-0.3, -0.25) is 9.69 Å². The fraction of sp³-hybridized carbons (Fsp3) is 0.459. The zero-order valence-corrected chi connectivity index (χ0v) is 26.4. The number of carbonyl (C=O) groups is 2. The Bertz CT molecular complexity index is 1440. The van der Waals surface area contributed by atoms with Crippen LogP contribution in [0.2, 0.25) is 0 Å². The molecule has 0 saturated carbocycles. The van der Waals surface area contributed by atoms with Crippen LogP contribution in [0.1, 0.15) is 60.8 Å². The third kappa shape index (κ3) is 6.24. The van der Waals surface area contributed by atoms with Gasteiger partial charge >= 0.3 is 5.97 Å². The molecule has 1 amide bonds. The van der Waals surface area contributed by atoms with Gasteiger partial charge in [-0.1, -0.05) is 86.6 Å². The maximum absolute atomic E-state index is 14.7. The molecule has 8 heteroatoms.